The fourth-order valence-electron chi connectivity index (χ4n) is 3.47. The number of ether oxygens (including phenoxy) is 1. The lowest BCUT2D eigenvalue weighted by Gasteiger charge is -2.34. The van der Waals surface area contributed by atoms with Crippen molar-refractivity contribution in [1.29, 1.82) is 0 Å². The van der Waals surface area contributed by atoms with Gasteiger partial charge in [-0.05, 0) is 49.1 Å². The summed E-state index contributed by atoms with van der Waals surface area (Å²) in [5, 5.41) is 0. The number of rotatable bonds is 6. The van der Waals surface area contributed by atoms with Crippen molar-refractivity contribution in [1.82, 2.24) is 9.21 Å². The van der Waals surface area contributed by atoms with E-state index in [1.165, 1.54) is 4.31 Å². The summed E-state index contributed by atoms with van der Waals surface area (Å²) < 4.78 is 33.2. The van der Waals surface area contributed by atoms with Gasteiger partial charge in [-0.1, -0.05) is 37.3 Å². The molecular weight excluding hydrogens is 388 g/mol. The molecule has 156 valence electrons. The van der Waals surface area contributed by atoms with Gasteiger partial charge in [-0.3, -0.25) is 4.79 Å². The third kappa shape index (κ3) is 4.79. The van der Waals surface area contributed by atoms with Gasteiger partial charge in [0.2, 0.25) is 10.0 Å². The fourth-order valence-corrected chi connectivity index (χ4v) is 5.20. The number of carbonyl (C=O) groups excluding carboxylic acids is 1. The Morgan fingerprint density at radius 1 is 1.03 bits per heavy atom. The predicted molar refractivity (Wildman–Crippen MR) is 113 cm³/mol. The molecule has 6 nitrogen and oxygen atoms in total. The maximum atomic E-state index is 13.0. The molecule has 0 atom stereocenters. The lowest BCUT2D eigenvalue weighted by Crippen LogP contribution is -2.51. The Hall–Kier alpha value is -2.38. The van der Waals surface area contributed by atoms with E-state index < -0.39 is 10.0 Å². The number of sulfonamides is 1. The van der Waals surface area contributed by atoms with Crippen molar-refractivity contribution in [2.75, 3.05) is 32.8 Å². The van der Waals surface area contributed by atoms with Gasteiger partial charge in [-0.2, -0.15) is 4.31 Å². The standard InChI is InChI=1S/C22H28N2O4S/c1-4-19-7-5-6-8-20(19)28-16-22(25)23-11-13-24(14-12-23)29(26,27)21-15-17(2)9-10-18(21)3/h5-10,15H,4,11-14,16H2,1-3H3. The minimum absolute atomic E-state index is 0.0409. The molecule has 0 bridgehead atoms. The van der Waals surface area contributed by atoms with Gasteiger partial charge in [-0.15, -0.1) is 0 Å². The zero-order valence-electron chi connectivity index (χ0n) is 17.2. The van der Waals surface area contributed by atoms with Crippen molar-refractivity contribution < 1.29 is 17.9 Å². The summed E-state index contributed by atoms with van der Waals surface area (Å²) >= 11 is 0. The largest absolute Gasteiger partial charge is 0.483 e. The molecule has 0 spiro atoms. The van der Waals surface area contributed by atoms with Crippen LogP contribution in [0.1, 0.15) is 23.6 Å². The summed E-state index contributed by atoms with van der Waals surface area (Å²) in [6.07, 6.45) is 0.833. The van der Waals surface area contributed by atoms with Crippen molar-refractivity contribution >= 4 is 15.9 Å². The zero-order valence-corrected chi connectivity index (χ0v) is 18.0. The van der Waals surface area contributed by atoms with Crippen LogP contribution in [0.15, 0.2) is 47.4 Å². The van der Waals surface area contributed by atoms with Crippen molar-refractivity contribution in [3.8, 4) is 5.75 Å². The summed E-state index contributed by atoms with van der Waals surface area (Å²) in [6.45, 7) is 6.98. The van der Waals surface area contributed by atoms with E-state index in [0.717, 1.165) is 28.9 Å². The SMILES string of the molecule is CCc1ccccc1OCC(=O)N1CCN(S(=O)(=O)c2cc(C)ccc2C)CC1. The van der Waals surface area contributed by atoms with E-state index >= 15 is 0 Å². The summed E-state index contributed by atoms with van der Waals surface area (Å²) in [4.78, 5) is 14.5. The molecule has 1 saturated heterocycles. The van der Waals surface area contributed by atoms with E-state index in [1.54, 1.807) is 17.9 Å². The quantitative estimate of drug-likeness (QED) is 0.726. The number of aryl methyl sites for hydroxylation is 3. The fraction of sp³-hybridized carbons (Fsp3) is 0.409. The molecule has 1 heterocycles. The van der Waals surface area contributed by atoms with Crippen molar-refractivity contribution in [3.05, 3.63) is 59.2 Å². The molecule has 1 fully saturated rings. The van der Waals surface area contributed by atoms with Crippen LogP contribution in [0.25, 0.3) is 0 Å². The molecule has 1 amide bonds. The Bertz CT molecular complexity index is 980. The summed E-state index contributed by atoms with van der Waals surface area (Å²) in [6, 6.07) is 13.1. The van der Waals surface area contributed by atoms with E-state index in [-0.39, 0.29) is 25.6 Å². The molecule has 2 aromatic carbocycles. The van der Waals surface area contributed by atoms with E-state index in [2.05, 4.69) is 0 Å². The lowest BCUT2D eigenvalue weighted by atomic mass is 10.1. The maximum absolute atomic E-state index is 13.0. The maximum Gasteiger partial charge on any atom is 0.260 e. The third-order valence-corrected chi connectivity index (χ3v) is 7.30. The number of benzene rings is 2. The highest BCUT2D eigenvalue weighted by Crippen LogP contribution is 2.23. The number of hydrogen-bond donors (Lipinski definition) is 0. The first-order chi connectivity index (χ1) is 13.8. The number of nitrogens with zero attached hydrogens (tertiary/aromatic N) is 2. The van der Waals surface area contributed by atoms with Crippen LogP contribution in [-0.2, 0) is 21.2 Å². The molecule has 0 unspecified atom stereocenters. The molecular formula is C22H28N2O4S. The monoisotopic (exact) mass is 416 g/mol. The van der Waals surface area contributed by atoms with Gasteiger partial charge in [0.1, 0.15) is 5.75 Å². The molecule has 2 aromatic rings. The molecule has 1 aliphatic rings. The van der Waals surface area contributed by atoms with Crippen LogP contribution in [0.4, 0.5) is 0 Å². The van der Waals surface area contributed by atoms with Crippen LogP contribution in [0.5, 0.6) is 5.75 Å². The first-order valence-electron chi connectivity index (χ1n) is 9.89. The highest BCUT2D eigenvalue weighted by Gasteiger charge is 2.31. The number of piperazine rings is 1. The van der Waals surface area contributed by atoms with Crippen molar-refractivity contribution in [3.63, 3.8) is 0 Å². The van der Waals surface area contributed by atoms with Crippen LogP contribution in [-0.4, -0.2) is 56.3 Å². The van der Waals surface area contributed by atoms with E-state index in [1.807, 2.05) is 50.2 Å². The van der Waals surface area contributed by atoms with Gasteiger partial charge < -0.3 is 9.64 Å². The molecule has 0 aliphatic carbocycles. The summed E-state index contributed by atoms with van der Waals surface area (Å²) in [5.41, 5.74) is 2.70. The number of para-hydroxylation sites is 1. The first-order valence-corrected chi connectivity index (χ1v) is 11.3. The lowest BCUT2D eigenvalue weighted by molar-refractivity contribution is -0.134. The van der Waals surface area contributed by atoms with Crippen LogP contribution < -0.4 is 4.74 Å². The zero-order chi connectivity index (χ0) is 21.0. The van der Waals surface area contributed by atoms with Crippen LogP contribution >= 0.6 is 0 Å². The van der Waals surface area contributed by atoms with Crippen LogP contribution in [0.3, 0.4) is 0 Å². The molecule has 0 aromatic heterocycles. The summed E-state index contributed by atoms with van der Waals surface area (Å²) in [7, 11) is -3.56. The smallest absolute Gasteiger partial charge is 0.260 e. The number of hydrogen-bond acceptors (Lipinski definition) is 4. The van der Waals surface area contributed by atoms with E-state index in [0.29, 0.717) is 18.0 Å². The Labute approximate surface area is 173 Å². The summed E-state index contributed by atoms with van der Waals surface area (Å²) in [5.74, 6) is 0.596. The van der Waals surface area contributed by atoms with Crippen LogP contribution in [0.2, 0.25) is 0 Å². The Morgan fingerprint density at radius 2 is 1.72 bits per heavy atom. The molecule has 0 radical (unpaired) electrons. The molecule has 0 saturated carbocycles. The third-order valence-electron chi connectivity index (χ3n) is 5.26. The Morgan fingerprint density at radius 3 is 2.41 bits per heavy atom. The minimum atomic E-state index is -3.56. The highest BCUT2D eigenvalue weighted by atomic mass is 32.2. The number of carbonyl (C=O) groups is 1. The molecule has 3 rings (SSSR count). The van der Waals surface area contributed by atoms with Gasteiger partial charge in [-0.25, -0.2) is 8.42 Å². The van der Waals surface area contributed by atoms with Gasteiger partial charge in [0.25, 0.3) is 5.91 Å². The second-order valence-electron chi connectivity index (χ2n) is 7.30. The molecule has 1 aliphatic heterocycles. The first kappa shape index (κ1) is 21.3. The van der Waals surface area contributed by atoms with Gasteiger partial charge in [0, 0.05) is 26.2 Å². The van der Waals surface area contributed by atoms with Gasteiger partial charge in [0.05, 0.1) is 4.90 Å². The van der Waals surface area contributed by atoms with Gasteiger partial charge >= 0.3 is 0 Å². The average molecular weight is 417 g/mol. The number of amides is 1. The van der Waals surface area contributed by atoms with Gasteiger partial charge in [0.15, 0.2) is 6.61 Å². The predicted octanol–water partition coefficient (Wildman–Crippen LogP) is 2.78. The Kier molecular flexibility index (Phi) is 6.59. The second kappa shape index (κ2) is 8.97. The molecule has 29 heavy (non-hydrogen) atoms. The topological polar surface area (TPSA) is 66.9 Å². The molecule has 7 heteroatoms. The van der Waals surface area contributed by atoms with Crippen molar-refractivity contribution in [2.45, 2.75) is 32.1 Å². The van der Waals surface area contributed by atoms with E-state index in [4.69, 9.17) is 4.74 Å². The average Bonchev–Trinajstić information content (AvgIpc) is 2.73. The normalized spacial score (nSPS) is 15.3. The highest BCUT2D eigenvalue weighted by molar-refractivity contribution is 7.89. The second-order valence-corrected chi connectivity index (χ2v) is 9.21. The molecule has 0 N–H and O–H groups in total. The van der Waals surface area contributed by atoms with E-state index in [9.17, 15) is 13.2 Å². The van der Waals surface area contributed by atoms with Crippen LogP contribution in [0, 0.1) is 13.8 Å². The minimum Gasteiger partial charge on any atom is -0.483 e. The van der Waals surface area contributed by atoms with Crippen molar-refractivity contribution in [2.24, 2.45) is 0 Å². The Balaban J connectivity index is 1.60.